The Morgan fingerprint density at radius 3 is 2.94 bits per heavy atom. The lowest BCUT2D eigenvalue weighted by molar-refractivity contribution is 0.174. The van der Waals surface area contributed by atoms with Crippen LogP contribution in [0.25, 0.3) is 0 Å². The summed E-state index contributed by atoms with van der Waals surface area (Å²) in [7, 11) is 0. The van der Waals surface area contributed by atoms with Crippen molar-refractivity contribution >= 4 is 6.03 Å². The van der Waals surface area contributed by atoms with Gasteiger partial charge in [0.1, 0.15) is 0 Å². The van der Waals surface area contributed by atoms with Crippen molar-refractivity contribution in [1.29, 1.82) is 0 Å². The molecule has 3 N–H and O–H groups in total. The van der Waals surface area contributed by atoms with Crippen LogP contribution >= 0.6 is 0 Å². The maximum atomic E-state index is 10.9. The maximum absolute atomic E-state index is 10.9. The summed E-state index contributed by atoms with van der Waals surface area (Å²) in [5.74, 6) is 1.46. The van der Waals surface area contributed by atoms with Gasteiger partial charge in [-0.3, -0.25) is 0 Å². The van der Waals surface area contributed by atoms with Crippen LogP contribution in [0.5, 0.6) is 11.5 Å². The van der Waals surface area contributed by atoms with Gasteiger partial charge in [0.15, 0.2) is 11.5 Å². The summed E-state index contributed by atoms with van der Waals surface area (Å²) in [5, 5.41) is 2.73. The van der Waals surface area contributed by atoms with Gasteiger partial charge in [0.25, 0.3) is 0 Å². The first kappa shape index (κ1) is 11.6. The number of hydrogen-bond donors (Lipinski definition) is 2. The molecule has 2 rings (SSSR count). The van der Waals surface area contributed by atoms with Crippen LogP contribution in [0, 0.1) is 0 Å². The highest BCUT2D eigenvalue weighted by Gasteiger charge is 2.18. The van der Waals surface area contributed by atoms with Crippen molar-refractivity contribution < 1.29 is 14.3 Å². The molecule has 1 aromatic carbocycles. The number of benzene rings is 1. The summed E-state index contributed by atoms with van der Waals surface area (Å²) in [4.78, 5) is 10.9. The predicted octanol–water partition coefficient (Wildman–Crippen LogP) is 1.92. The Labute approximate surface area is 99.9 Å². The van der Waals surface area contributed by atoms with Crippen molar-refractivity contribution in [3.8, 4) is 11.5 Å². The molecule has 0 spiro atoms. The van der Waals surface area contributed by atoms with E-state index in [0.717, 1.165) is 29.9 Å². The number of carbonyl (C=O) groups is 1. The number of nitrogens with one attached hydrogen (secondary N) is 1. The van der Waals surface area contributed by atoms with E-state index in [9.17, 15) is 4.79 Å². The molecule has 2 amide bonds. The Hall–Kier alpha value is -1.91. The fourth-order valence-corrected chi connectivity index (χ4v) is 1.91. The number of urea groups is 1. The van der Waals surface area contributed by atoms with Gasteiger partial charge in [0.05, 0.1) is 6.04 Å². The van der Waals surface area contributed by atoms with E-state index < -0.39 is 6.03 Å². The second-order valence-corrected chi connectivity index (χ2v) is 3.96. The first-order valence-electron chi connectivity index (χ1n) is 5.66. The lowest BCUT2D eigenvalue weighted by Crippen LogP contribution is -2.33. The lowest BCUT2D eigenvalue weighted by Gasteiger charge is -2.17. The monoisotopic (exact) mass is 236 g/mol. The smallest absolute Gasteiger partial charge is 0.312 e. The van der Waals surface area contributed by atoms with Gasteiger partial charge in [0, 0.05) is 0 Å². The van der Waals surface area contributed by atoms with Gasteiger partial charge in [-0.2, -0.15) is 0 Å². The van der Waals surface area contributed by atoms with E-state index in [1.165, 1.54) is 0 Å². The Balaban J connectivity index is 2.20. The normalized spacial score (nSPS) is 14.4. The summed E-state index contributed by atoms with van der Waals surface area (Å²) in [6, 6.07) is 5.07. The van der Waals surface area contributed by atoms with Crippen molar-refractivity contribution in [2.24, 2.45) is 5.73 Å². The third kappa shape index (κ3) is 2.61. The molecule has 0 aliphatic carbocycles. The number of fused-ring (bicyclic) bond motifs is 1. The number of amides is 2. The second kappa shape index (κ2) is 4.95. The number of rotatable bonds is 4. The van der Waals surface area contributed by atoms with Crippen LogP contribution in [-0.2, 0) is 0 Å². The molecular weight excluding hydrogens is 220 g/mol. The number of hydrogen-bond acceptors (Lipinski definition) is 3. The minimum absolute atomic E-state index is 0.0769. The standard InChI is InChI=1S/C12H16N2O3/c1-2-3-9(14-12(13)15)8-4-5-10-11(6-8)17-7-16-10/h4-6,9H,2-3,7H2,1H3,(H3,13,14,15)/t9-/m1/s1. The minimum atomic E-state index is -0.513. The molecule has 1 aliphatic heterocycles. The number of ether oxygens (including phenoxy) is 2. The maximum Gasteiger partial charge on any atom is 0.312 e. The SMILES string of the molecule is CCC[C@@H](NC(N)=O)c1ccc2c(c1)OCO2. The quantitative estimate of drug-likeness (QED) is 0.838. The molecule has 0 aromatic heterocycles. The predicted molar refractivity (Wildman–Crippen MR) is 62.9 cm³/mol. The van der Waals surface area contributed by atoms with Crippen LogP contribution in [0.1, 0.15) is 31.4 Å². The number of nitrogens with two attached hydrogens (primary N) is 1. The van der Waals surface area contributed by atoms with E-state index in [2.05, 4.69) is 12.2 Å². The van der Waals surface area contributed by atoms with Gasteiger partial charge in [-0.15, -0.1) is 0 Å². The fraction of sp³-hybridized carbons (Fsp3) is 0.417. The van der Waals surface area contributed by atoms with Crippen molar-refractivity contribution in [1.82, 2.24) is 5.32 Å². The average molecular weight is 236 g/mol. The Kier molecular flexibility index (Phi) is 3.37. The number of primary amides is 1. The fourth-order valence-electron chi connectivity index (χ4n) is 1.91. The van der Waals surface area contributed by atoms with Crippen LogP contribution in [-0.4, -0.2) is 12.8 Å². The van der Waals surface area contributed by atoms with E-state index in [1.807, 2.05) is 18.2 Å². The van der Waals surface area contributed by atoms with Gasteiger partial charge in [-0.25, -0.2) is 4.79 Å². The minimum Gasteiger partial charge on any atom is -0.454 e. The topological polar surface area (TPSA) is 73.6 Å². The molecule has 17 heavy (non-hydrogen) atoms. The van der Waals surface area contributed by atoms with Gasteiger partial charge < -0.3 is 20.5 Å². The van der Waals surface area contributed by atoms with Gasteiger partial charge >= 0.3 is 6.03 Å². The van der Waals surface area contributed by atoms with E-state index in [-0.39, 0.29) is 12.8 Å². The molecule has 0 fully saturated rings. The van der Waals surface area contributed by atoms with Crippen LogP contribution in [0.15, 0.2) is 18.2 Å². The van der Waals surface area contributed by atoms with Crippen LogP contribution in [0.4, 0.5) is 4.79 Å². The highest BCUT2D eigenvalue weighted by atomic mass is 16.7. The van der Waals surface area contributed by atoms with Crippen molar-refractivity contribution in [2.75, 3.05) is 6.79 Å². The van der Waals surface area contributed by atoms with Gasteiger partial charge in [-0.05, 0) is 24.1 Å². The van der Waals surface area contributed by atoms with Gasteiger partial charge in [-0.1, -0.05) is 19.4 Å². The van der Waals surface area contributed by atoms with E-state index in [0.29, 0.717) is 0 Å². The zero-order valence-electron chi connectivity index (χ0n) is 9.73. The van der Waals surface area contributed by atoms with E-state index in [4.69, 9.17) is 15.2 Å². The Morgan fingerprint density at radius 1 is 1.47 bits per heavy atom. The van der Waals surface area contributed by atoms with Crippen molar-refractivity contribution in [3.05, 3.63) is 23.8 Å². The molecule has 5 nitrogen and oxygen atoms in total. The second-order valence-electron chi connectivity index (χ2n) is 3.96. The average Bonchev–Trinajstić information content (AvgIpc) is 2.74. The molecule has 5 heteroatoms. The zero-order valence-corrected chi connectivity index (χ0v) is 9.73. The Bertz CT molecular complexity index is 420. The third-order valence-corrected chi connectivity index (χ3v) is 2.69. The van der Waals surface area contributed by atoms with E-state index >= 15 is 0 Å². The summed E-state index contributed by atoms with van der Waals surface area (Å²) in [6.45, 7) is 2.31. The van der Waals surface area contributed by atoms with Crippen LogP contribution in [0.3, 0.4) is 0 Å². The van der Waals surface area contributed by atoms with Crippen molar-refractivity contribution in [2.45, 2.75) is 25.8 Å². The molecule has 1 heterocycles. The molecule has 0 bridgehead atoms. The molecule has 0 radical (unpaired) electrons. The third-order valence-electron chi connectivity index (χ3n) is 2.69. The summed E-state index contributed by atoms with van der Waals surface area (Å²) >= 11 is 0. The first-order valence-corrected chi connectivity index (χ1v) is 5.66. The summed E-state index contributed by atoms with van der Waals surface area (Å²) < 4.78 is 10.5. The largest absolute Gasteiger partial charge is 0.454 e. The molecular formula is C12H16N2O3. The van der Waals surface area contributed by atoms with Crippen LogP contribution < -0.4 is 20.5 Å². The molecule has 0 unspecified atom stereocenters. The molecule has 0 saturated carbocycles. The van der Waals surface area contributed by atoms with Gasteiger partial charge in [0.2, 0.25) is 6.79 Å². The molecule has 1 aliphatic rings. The lowest BCUT2D eigenvalue weighted by atomic mass is 10.0. The Morgan fingerprint density at radius 2 is 2.24 bits per heavy atom. The summed E-state index contributed by atoms with van der Waals surface area (Å²) in [5.41, 5.74) is 6.15. The first-order chi connectivity index (χ1) is 8.20. The van der Waals surface area contributed by atoms with Crippen molar-refractivity contribution in [3.63, 3.8) is 0 Å². The highest BCUT2D eigenvalue weighted by Crippen LogP contribution is 2.34. The van der Waals surface area contributed by atoms with Crippen LogP contribution in [0.2, 0.25) is 0 Å². The molecule has 0 saturated heterocycles. The summed E-state index contributed by atoms with van der Waals surface area (Å²) in [6.07, 6.45) is 1.79. The highest BCUT2D eigenvalue weighted by molar-refractivity contribution is 5.72. The molecule has 1 aromatic rings. The zero-order chi connectivity index (χ0) is 12.3. The van der Waals surface area contributed by atoms with E-state index in [1.54, 1.807) is 0 Å². The molecule has 1 atom stereocenters. The number of carbonyl (C=O) groups excluding carboxylic acids is 1. The molecule has 92 valence electrons.